The van der Waals surface area contributed by atoms with Gasteiger partial charge in [0, 0.05) is 23.6 Å². The Morgan fingerprint density at radius 1 is 1.50 bits per heavy atom. The molecule has 0 aliphatic carbocycles. The summed E-state index contributed by atoms with van der Waals surface area (Å²) < 4.78 is 37.3. The molecule has 7 nitrogen and oxygen atoms in total. The van der Waals surface area contributed by atoms with Crippen molar-refractivity contribution in [1.82, 2.24) is 9.96 Å². The summed E-state index contributed by atoms with van der Waals surface area (Å²) in [6.45, 7) is 0.0895. The van der Waals surface area contributed by atoms with Crippen molar-refractivity contribution in [2.24, 2.45) is 0 Å². The van der Waals surface area contributed by atoms with Crippen LogP contribution >= 0.6 is 0 Å². The van der Waals surface area contributed by atoms with E-state index in [9.17, 15) is 27.7 Å². The van der Waals surface area contributed by atoms with Crippen molar-refractivity contribution in [2.45, 2.75) is 30.4 Å². The molecule has 11 heteroatoms. The van der Waals surface area contributed by atoms with Crippen molar-refractivity contribution >= 4 is 22.8 Å². The number of hydrogen-bond acceptors (Lipinski definition) is 5. The largest absolute Gasteiger partial charge is 1.00 e. The summed E-state index contributed by atoms with van der Waals surface area (Å²) in [6, 6.07) is -1.57. The van der Waals surface area contributed by atoms with E-state index < -0.39 is 40.3 Å². The van der Waals surface area contributed by atoms with Gasteiger partial charge in [0.2, 0.25) is 0 Å². The quantitative estimate of drug-likeness (QED) is 0.491. The van der Waals surface area contributed by atoms with E-state index in [-0.39, 0.29) is 36.1 Å². The molecule has 0 aromatic rings. The molecular weight excluding hydrogens is 309 g/mol. The normalized spacial score (nSPS) is 27.2. The van der Waals surface area contributed by atoms with Gasteiger partial charge in [-0.2, -0.15) is 18.7 Å². The van der Waals surface area contributed by atoms with Crippen LogP contribution in [0.2, 0.25) is 0 Å². The number of rotatable bonds is 4. The molecule has 2 fully saturated rings. The van der Waals surface area contributed by atoms with Gasteiger partial charge in [-0.1, -0.05) is 0 Å². The first-order valence-corrected chi connectivity index (χ1v) is 7.06. The van der Waals surface area contributed by atoms with E-state index >= 15 is 0 Å². The molecule has 0 aromatic heterocycles. The Kier molecular flexibility index (Phi) is 5.53. The second-order valence-corrected chi connectivity index (χ2v) is 5.88. The van der Waals surface area contributed by atoms with Crippen LogP contribution in [0.3, 0.4) is 0 Å². The van der Waals surface area contributed by atoms with Crippen LogP contribution in [0.15, 0.2) is 0 Å². The number of amides is 2. The number of nitrogens with zero attached hydrogens (tertiary/aromatic N) is 2. The number of urea groups is 1. The molecule has 2 rings (SSSR count). The molecule has 20 heavy (non-hydrogen) atoms. The first-order valence-electron chi connectivity index (χ1n) is 5.44. The average Bonchev–Trinajstić information content (AvgIpc) is 2.54. The summed E-state index contributed by atoms with van der Waals surface area (Å²) in [7, 11) is -1.32. The van der Waals surface area contributed by atoms with Crippen molar-refractivity contribution in [3.8, 4) is 0 Å². The molecule has 0 aromatic carbocycles. The third-order valence-corrected chi connectivity index (χ3v) is 4.36. The number of hydroxylamine groups is 2. The van der Waals surface area contributed by atoms with Crippen LogP contribution in [0.5, 0.6) is 0 Å². The molecule has 2 aliphatic rings. The number of piperidine rings is 1. The van der Waals surface area contributed by atoms with Crippen molar-refractivity contribution in [3.63, 3.8) is 0 Å². The molecule has 2 heterocycles. The smallest absolute Gasteiger partial charge is 0.542 e. The maximum atomic E-state index is 12.9. The molecule has 0 radical (unpaired) electrons. The van der Waals surface area contributed by atoms with Crippen LogP contribution in [0.25, 0.3) is 0 Å². The standard InChI is InChI=1S/C9H12F2N2O5S.Na/c1-19(17)6-3-2-5-4-12(6)8(16)13(5)18-9(10,11)7(14)15;/h5-6H,2-4H2,1H3,(H,14,15);/q;+1/p-1/t5-,6-,19-;/m1./s1. The van der Waals surface area contributed by atoms with E-state index in [2.05, 4.69) is 4.84 Å². The van der Waals surface area contributed by atoms with Gasteiger partial charge in [0.15, 0.2) is 0 Å². The number of aliphatic carboxylic acids is 1. The first kappa shape index (κ1) is 17.8. The van der Waals surface area contributed by atoms with Gasteiger partial charge in [0.05, 0.1) is 6.04 Å². The van der Waals surface area contributed by atoms with E-state index in [1.807, 2.05) is 0 Å². The molecule has 2 amide bonds. The fourth-order valence-electron chi connectivity index (χ4n) is 2.22. The van der Waals surface area contributed by atoms with Gasteiger partial charge >= 0.3 is 41.7 Å². The van der Waals surface area contributed by atoms with Gasteiger partial charge in [-0.15, -0.1) is 0 Å². The summed E-state index contributed by atoms with van der Waals surface area (Å²) in [6.07, 6.45) is -2.46. The van der Waals surface area contributed by atoms with Crippen molar-refractivity contribution in [1.29, 1.82) is 0 Å². The third kappa shape index (κ3) is 3.14. The number of carboxylic acid groups (broad SMARTS) is 1. The fraction of sp³-hybridized carbons (Fsp3) is 0.778. The second kappa shape index (κ2) is 6.22. The maximum absolute atomic E-state index is 12.9. The number of hydrogen-bond donors (Lipinski definition) is 0. The Hall–Kier alpha value is -0.290. The van der Waals surface area contributed by atoms with Gasteiger partial charge in [-0.25, -0.2) is 4.79 Å². The Balaban J connectivity index is 0.00000200. The summed E-state index contributed by atoms with van der Waals surface area (Å²) in [5.74, 6) is -2.72. The minimum Gasteiger partial charge on any atom is -0.542 e. The van der Waals surface area contributed by atoms with Gasteiger partial charge in [0.1, 0.15) is 11.3 Å². The van der Waals surface area contributed by atoms with Gasteiger partial charge in [0.25, 0.3) is 0 Å². The van der Waals surface area contributed by atoms with Gasteiger partial charge in [-0.05, 0) is 12.8 Å². The summed E-state index contributed by atoms with van der Waals surface area (Å²) >= 11 is 0. The molecular formula is C9H11F2N2NaO5S. The monoisotopic (exact) mass is 320 g/mol. The molecule has 108 valence electrons. The van der Waals surface area contributed by atoms with Crippen LogP contribution < -0.4 is 34.7 Å². The summed E-state index contributed by atoms with van der Waals surface area (Å²) in [4.78, 5) is 27.2. The maximum Gasteiger partial charge on any atom is 1.00 e. The van der Waals surface area contributed by atoms with Crippen LogP contribution in [0.4, 0.5) is 13.6 Å². The Bertz CT molecular complexity index is 452. The zero-order chi connectivity index (χ0) is 14.4. The number of carbonyl (C=O) groups excluding carboxylic acids is 2. The fourth-order valence-corrected chi connectivity index (χ4v) is 3.22. The minimum atomic E-state index is -4.57. The Morgan fingerprint density at radius 3 is 2.60 bits per heavy atom. The van der Waals surface area contributed by atoms with E-state index in [1.165, 1.54) is 6.26 Å². The predicted molar refractivity (Wildman–Crippen MR) is 55.9 cm³/mol. The zero-order valence-corrected chi connectivity index (χ0v) is 13.7. The van der Waals surface area contributed by atoms with Crippen LogP contribution in [-0.4, -0.2) is 56.5 Å². The average molecular weight is 320 g/mol. The van der Waals surface area contributed by atoms with Crippen LogP contribution in [-0.2, 0) is 20.4 Å². The second-order valence-electron chi connectivity index (χ2n) is 4.34. The SMILES string of the molecule is C[S@@](=O)[C@@H]1CC[C@@H]2CN1C(=O)N2OC(F)(F)C(=O)[O-].[Na+]. The summed E-state index contributed by atoms with van der Waals surface area (Å²) in [5, 5.41) is 9.98. The molecule has 3 atom stereocenters. The molecule has 0 N–H and O–H groups in total. The molecule has 2 bridgehead atoms. The molecule has 0 spiro atoms. The molecule has 0 unspecified atom stereocenters. The molecule has 2 aliphatic heterocycles. The molecule has 0 saturated carbocycles. The first-order chi connectivity index (χ1) is 8.74. The number of halogens is 2. The number of carboxylic acids is 1. The van der Waals surface area contributed by atoms with Crippen molar-refractivity contribution < 1.29 is 62.1 Å². The van der Waals surface area contributed by atoms with Crippen LogP contribution in [0, 0.1) is 0 Å². The Labute approximate surface area is 137 Å². The topological polar surface area (TPSA) is 90.0 Å². The minimum absolute atomic E-state index is 0. The summed E-state index contributed by atoms with van der Waals surface area (Å²) in [5.41, 5.74) is 0. The van der Waals surface area contributed by atoms with Gasteiger partial charge < -0.3 is 14.8 Å². The number of carbonyl (C=O) groups is 2. The Morgan fingerprint density at radius 2 is 2.10 bits per heavy atom. The van der Waals surface area contributed by atoms with E-state index in [1.54, 1.807) is 0 Å². The predicted octanol–water partition coefficient (Wildman–Crippen LogP) is -4.13. The molecule has 2 saturated heterocycles. The van der Waals surface area contributed by atoms with E-state index in [4.69, 9.17) is 0 Å². The number of alkyl halides is 2. The van der Waals surface area contributed by atoms with E-state index in [0.717, 1.165) is 4.90 Å². The van der Waals surface area contributed by atoms with Crippen molar-refractivity contribution in [3.05, 3.63) is 0 Å². The van der Waals surface area contributed by atoms with Crippen molar-refractivity contribution in [2.75, 3.05) is 12.8 Å². The third-order valence-electron chi connectivity index (χ3n) is 3.10. The van der Waals surface area contributed by atoms with E-state index in [0.29, 0.717) is 17.9 Å². The van der Waals surface area contributed by atoms with Crippen LogP contribution in [0.1, 0.15) is 12.8 Å². The zero-order valence-electron chi connectivity index (χ0n) is 10.9. The number of fused-ring (bicyclic) bond motifs is 2. The van der Waals surface area contributed by atoms with Gasteiger partial charge in [-0.3, -0.25) is 4.21 Å².